The second-order valence-electron chi connectivity index (χ2n) is 6.84. The Labute approximate surface area is 112 Å². The van der Waals surface area contributed by atoms with Gasteiger partial charge in [0.05, 0.1) is 11.7 Å². The van der Waals surface area contributed by atoms with Gasteiger partial charge in [0.1, 0.15) is 0 Å². The Balaban J connectivity index is 1.53. The van der Waals surface area contributed by atoms with Crippen molar-refractivity contribution in [3.05, 3.63) is 0 Å². The maximum absolute atomic E-state index is 6.48. The normalized spacial score (nSPS) is 39.5. The molecule has 0 amide bonds. The highest BCUT2D eigenvalue weighted by molar-refractivity contribution is 4.94. The van der Waals surface area contributed by atoms with Crippen LogP contribution < -0.4 is 5.32 Å². The molecule has 2 saturated carbocycles. The van der Waals surface area contributed by atoms with Crippen LogP contribution in [-0.4, -0.2) is 24.8 Å². The summed E-state index contributed by atoms with van der Waals surface area (Å²) in [5.41, 5.74) is 0.328. The lowest BCUT2D eigenvalue weighted by atomic mass is 9.81. The maximum Gasteiger partial charge on any atom is 0.0687 e. The molecule has 18 heavy (non-hydrogen) atoms. The van der Waals surface area contributed by atoms with Gasteiger partial charge in [0.15, 0.2) is 0 Å². The zero-order valence-electron chi connectivity index (χ0n) is 11.9. The Kier molecular flexibility index (Phi) is 3.95. The Hall–Kier alpha value is -0.0800. The van der Waals surface area contributed by atoms with Gasteiger partial charge >= 0.3 is 0 Å². The molecule has 3 rings (SSSR count). The largest absolute Gasteiger partial charge is 0.372 e. The van der Waals surface area contributed by atoms with E-state index in [1.54, 1.807) is 0 Å². The fraction of sp³-hybridized carbons (Fsp3) is 1.00. The van der Waals surface area contributed by atoms with Gasteiger partial charge in [-0.1, -0.05) is 25.7 Å². The van der Waals surface area contributed by atoms with E-state index in [-0.39, 0.29) is 0 Å². The number of hydrogen-bond donors (Lipinski definition) is 1. The predicted octanol–water partition coefficient (Wildman–Crippen LogP) is 3.65. The fourth-order valence-electron chi connectivity index (χ4n) is 4.66. The monoisotopic (exact) mass is 251 g/mol. The van der Waals surface area contributed by atoms with Gasteiger partial charge in [-0.25, -0.2) is 0 Å². The molecule has 0 aromatic heterocycles. The van der Waals surface area contributed by atoms with Crippen LogP contribution >= 0.6 is 0 Å². The van der Waals surface area contributed by atoms with Crippen LogP contribution in [0.25, 0.3) is 0 Å². The molecular formula is C16H29NO. The molecule has 3 aliphatic rings. The molecular weight excluding hydrogens is 222 g/mol. The van der Waals surface area contributed by atoms with Crippen LogP contribution in [0.5, 0.6) is 0 Å². The minimum Gasteiger partial charge on any atom is -0.372 e. The van der Waals surface area contributed by atoms with Crippen molar-refractivity contribution >= 4 is 0 Å². The van der Waals surface area contributed by atoms with Gasteiger partial charge in [-0.3, -0.25) is 0 Å². The third-order valence-electron chi connectivity index (χ3n) is 5.70. The van der Waals surface area contributed by atoms with Gasteiger partial charge in [0.2, 0.25) is 0 Å². The van der Waals surface area contributed by atoms with Crippen LogP contribution in [0.2, 0.25) is 0 Å². The zero-order valence-corrected chi connectivity index (χ0v) is 11.9. The van der Waals surface area contributed by atoms with E-state index in [9.17, 15) is 0 Å². The quantitative estimate of drug-likeness (QED) is 0.826. The molecule has 1 aliphatic heterocycles. The van der Waals surface area contributed by atoms with E-state index in [4.69, 9.17) is 4.74 Å². The summed E-state index contributed by atoms with van der Waals surface area (Å²) in [6.07, 6.45) is 15.7. The zero-order chi connectivity index (χ0) is 12.4. The Morgan fingerprint density at radius 2 is 1.78 bits per heavy atom. The minimum absolute atomic E-state index is 0.328. The number of rotatable bonds is 3. The molecule has 2 heteroatoms. The molecule has 2 nitrogen and oxygen atoms in total. The molecule has 1 N–H and O–H groups in total. The van der Waals surface area contributed by atoms with Crippen molar-refractivity contribution in [1.29, 1.82) is 0 Å². The Morgan fingerprint density at radius 1 is 1.00 bits per heavy atom. The Morgan fingerprint density at radius 3 is 2.56 bits per heavy atom. The first kappa shape index (κ1) is 12.9. The molecule has 1 spiro atoms. The van der Waals surface area contributed by atoms with Gasteiger partial charge in [0.25, 0.3) is 0 Å². The second kappa shape index (κ2) is 5.50. The first-order chi connectivity index (χ1) is 8.81. The van der Waals surface area contributed by atoms with E-state index in [0.29, 0.717) is 11.7 Å². The van der Waals surface area contributed by atoms with E-state index in [1.165, 1.54) is 70.6 Å². The molecule has 3 unspecified atom stereocenters. The van der Waals surface area contributed by atoms with Crippen molar-refractivity contribution in [2.75, 3.05) is 7.05 Å². The highest BCUT2D eigenvalue weighted by Crippen LogP contribution is 2.45. The smallest absolute Gasteiger partial charge is 0.0687 e. The molecule has 0 bridgehead atoms. The van der Waals surface area contributed by atoms with Crippen molar-refractivity contribution < 1.29 is 4.74 Å². The summed E-state index contributed by atoms with van der Waals surface area (Å²) in [5, 5.41) is 3.53. The summed E-state index contributed by atoms with van der Waals surface area (Å²) < 4.78 is 6.48. The summed E-state index contributed by atoms with van der Waals surface area (Å²) in [7, 11) is 2.14. The van der Waals surface area contributed by atoms with Crippen molar-refractivity contribution in [3.8, 4) is 0 Å². The lowest BCUT2D eigenvalue weighted by Crippen LogP contribution is -2.38. The van der Waals surface area contributed by atoms with Crippen LogP contribution in [0.15, 0.2) is 0 Å². The van der Waals surface area contributed by atoms with Crippen molar-refractivity contribution in [3.63, 3.8) is 0 Å². The summed E-state index contributed by atoms with van der Waals surface area (Å²) in [6.45, 7) is 0. The second-order valence-corrected chi connectivity index (χ2v) is 6.84. The van der Waals surface area contributed by atoms with E-state index in [0.717, 1.165) is 12.0 Å². The molecule has 0 aromatic rings. The van der Waals surface area contributed by atoms with Crippen molar-refractivity contribution in [2.45, 2.75) is 88.4 Å². The minimum atomic E-state index is 0.328. The van der Waals surface area contributed by atoms with E-state index in [2.05, 4.69) is 12.4 Å². The average molecular weight is 251 g/mol. The van der Waals surface area contributed by atoms with Crippen LogP contribution in [-0.2, 0) is 4.74 Å². The van der Waals surface area contributed by atoms with Crippen molar-refractivity contribution in [2.24, 2.45) is 5.92 Å². The summed E-state index contributed by atoms with van der Waals surface area (Å²) >= 11 is 0. The van der Waals surface area contributed by atoms with Crippen LogP contribution in [0, 0.1) is 5.92 Å². The highest BCUT2D eigenvalue weighted by Gasteiger charge is 2.43. The number of nitrogens with one attached hydrogen (secondary N) is 1. The van der Waals surface area contributed by atoms with E-state index in [1.807, 2.05) is 0 Å². The lowest BCUT2D eigenvalue weighted by Gasteiger charge is -2.33. The average Bonchev–Trinajstić information content (AvgIpc) is 3.01. The molecule has 3 fully saturated rings. The maximum atomic E-state index is 6.48. The van der Waals surface area contributed by atoms with Gasteiger partial charge in [0, 0.05) is 6.04 Å². The SMILES string of the molecule is CNC1CCCCC1CC1CCC2(CCCC2)O1. The molecule has 1 saturated heterocycles. The van der Waals surface area contributed by atoms with Gasteiger partial charge in [-0.15, -0.1) is 0 Å². The third-order valence-corrected chi connectivity index (χ3v) is 5.70. The number of ether oxygens (including phenoxy) is 1. The van der Waals surface area contributed by atoms with Crippen LogP contribution in [0.3, 0.4) is 0 Å². The Bertz CT molecular complexity index is 272. The highest BCUT2D eigenvalue weighted by atomic mass is 16.5. The molecule has 1 heterocycles. The van der Waals surface area contributed by atoms with E-state index >= 15 is 0 Å². The van der Waals surface area contributed by atoms with Crippen LogP contribution in [0.1, 0.15) is 70.6 Å². The fourth-order valence-corrected chi connectivity index (χ4v) is 4.66. The molecule has 0 aromatic carbocycles. The van der Waals surface area contributed by atoms with E-state index < -0.39 is 0 Å². The molecule has 3 atom stereocenters. The van der Waals surface area contributed by atoms with Gasteiger partial charge < -0.3 is 10.1 Å². The van der Waals surface area contributed by atoms with Gasteiger partial charge in [-0.05, 0) is 57.9 Å². The third kappa shape index (κ3) is 2.60. The predicted molar refractivity (Wildman–Crippen MR) is 74.7 cm³/mol. The first-order valence-corrected chi connectivity index (χ1v) is 8.16. The number of hydrogen-bond acceptors (Lipinski definition) is 2. The lowest BCUT2D eigenvalue weighted by molar-refractivity contribution is -0.0474. The van der Waals surface area contributed by atoms with Gasteiger partial charge in [-0.2, -0.15) is 0 Å². The summed E-state index contributed by atoms with van der Waals surface area (Å²) in [6, 6.07) is 0.752. The molecule has 2 aliphatic carbocycles. The summed E-state index contributed by atoms with van der Waals surface area (Å²) in [4.78, 5) is 0. The molecule has 0 radical (unpaired) electrons. The van der Waals surface area contributed by atoms with Crippen molar-refractivity contribution in [1.82, 2.24) is 5.32 Å². The topological polar surface area (TPSA) is 21.3 Å². The standard InChI is InChI=1S/C16H29NO/c1-17-15-7-3-2-6-13(15)12-14-8-11-16(18-14)9-4-5-10-16/h13-15,17H,2-12H2,1H3. The summed E-state index contributed by atoms with van der Waals surface area (Å²) in [5.74, 6) is 0.866. The van der Waals surface area contributed by atoms with Crippen LogP contribution in [0.4, 0.5) is 0 Å². The first-order valence-electron chi connectivity index (χ1n) is 8.16. The molecule has 104 valence electrons.